The third-order valence-corrected chi connectivity index (χ3v) is 15.1. The van der Waals surface area contributed by atoms with Gasteiger partial charge in [-0.05, 0) is 137 Å². The van der Waals surface area contributed by atoms with Crippen LogP contribution in [0.5, 0.6) is 0 Å². The Morgan fingerprint density at radius 1 is 0.860 bits per heavy atom. The Labute approximate surface area is 259 Å². The summed E-state index contributed by atoms with van der Waals surface area (Å²) in [5.74, 6) is 0.585. The maximum Gasteiger partial charge on any atom is 0.309 e. The number of hydrogen-bond acceptors (Lipinski definition) is 4. The first-order chi connectivity index (χ1) is 19.8. The van der Waals surface area contributed by atoms with Gasteiger partial charge in [0.2, 0.25) is 0 Å². The zero-order chi connectivity index (χ0) is 31.9. The second-order valence-corrected chi connectivity index (χ2v) is 17.6. The highest BCUT2D eigenvalue weighted by Crippen LogP contribution is 2.76. The lowest BCUT2D eigenvalue weighted by molar-refractivity contribution is -0.244. The van der Waals surface area contributed by atoms with Crippen LogP contribution in [0.15, 0.2) is 12.2 Å². The van der Waals surface area contributed by atoms with Gasteiger partial charge < -0.3 is 14.9 Å². The number of fused-ring (bicyclic) bond motifs is 7. The van der Waals surface area contributed by atoms with Gasteiger partial charge in [0, 0.05) is 11.8 Å². The predicted octanol–water partition coefficient (Wildman–Crippen LogP) is 8.39. The molecule has 0 aliphatic heterocycles. The highest BCUT2D eigenvalue weighted by atomic mass is 16.5. The second-order valence-electron chi connectivity index (χ2n) is 17.6. The SMILES string of the molecule is C=C(C)[C@@H]1C[C@@H](C(=O)O)C2CC[C@]3(C)[C@H](CC[C@@H]4[C@@]5(C)CC[C@H](OC(=O)CCC(C)(C)C(=O)O)C(C)(C)[C@@H]5CC[C@]43C)[C@H]21. The summed E-state index contributed by atoms with van der Waals surface area (Å²) < 4.78 is 6.17. The molecule has 5 aliphatic rings. The Bertz CT molecular complexity index is 1170. The van der Waals surface area contributed by atoms with Crippen LogP contribution in [0.1, 0.15) is 126 Å². The number of rotatable bonds is 7. The average molecular weight is 599 g/mol. The molecule has 0 heterocycles. The lowest BCUT2D eigenvalue weighted by Gasteiger charge is -2.72. The summed E-state index contributed by atoms with van der Waals surface area (Å²) >= 11 is 0. The highest BCUT2D eigenvalue weighted by molar-refractivity contribution is 5.75. The van der Waals surface area contributed by atoms with Gasteiger partial charge in [-0.15, -0.1) is 0 Å². The van der Waals surface area contributed by atoms with Crippen LogP contribution in [0.4, 0.5) is 0 Å². The molecule has 0 amide bonds. The number of hydrogen-bond donors (Lipinski definition) is 2. The molecule has 6 nitrogen and oxygen atoms in total. The van der Waals surface area contributed by atoms with Crippen molar-refractivity contribution in [3.05, 3.63) is 12.2 Å². The Kier molecular flexibility index (Phi) is 8.03. The number of aliphatic carboxylic acids is 2. The number of allylic oxidation sites excluding steroid dienone is 1. The van der Waals surface area contributed by atoms with Crippen LogP contribution in [0, 0.1) is 68.5 Å². The molecular formula is C37H58O6. The molecule has 5 fully saturated rings. The molecule has 43 heavy (non-hydrogen) atoms. The molecule has 2 N–H and O–H groups in total. The van der Waals surface area contributed by atoms with Crippen LogP contribution in [-0.4, -0.2) is 34.2 Å². The highest BCUT2D eigenvalue weighted by Gasteiger charge is 2.70. The van der Waals surface area contributed by atoms with Gasteiger partial charge in [0.1, 0.15) is 6.10 Å². The van der Waals surface area contributed by atoms with Gasteiger partial charge in [0.25, 0.3) is 0 Å². The largest absolute Gasteiger partial charge is 0.481 e. The van der Waals surface area contributed by atoms with Crippen molar-refractivity contribution in [2.24, 2.45) is 68.5 Å². The van der Waals surface area contributed by atoms with E-state index in [9.17, 15) is 24.6 Å². The zero-order valence-corrected chi connectivity index (χ0v) is 28.1. The van der Waals surface area contributed by atoms with Crippen molar-refractivity contribution in [3.63, 3.8) is 0 Å². The minimum Gasteiger partial charge on any atom is -0.481 e. The van der Waals surface area contributed by atoms with Crippen molar-refractivity contribution in [1.82, 2.24) is 0 Å². The maximum absolute atomic E-state index is 13.0. The second kappa shape index (κ2) is 10.6. The van der Waals surface area contributed by atoms with Crippen LogP contribution in [-0.2, 0) is 19.1 Å². The summed E-state index contributed by atoms with van der Waals surface area (Å²) in [6.07, 6.45) is 9.70. The topological polar surface area (TPSA) is 101 Å². The number of carbonyl (C=O) groups is 3. The van der Waals surface area contributed by atoms with E-state index in [1.807, 2.05) is 0 Å². The van der Waals surface area contributed by atoms with E-state index < -0.39 is 17.4 Å². The first-order valence-corrected chi connectivity index (χ1v) is 17.1. The quantitative estimate of drug-likeness (QED) is 0.225. The third kappa shape index (κ3) is 4.82. The summed E-state index contributed by atoms with van der Waals surface area (Å²) in [5, 5.41) is 19.6. The van der Waals surface area contributed by atoms with E-state index in [1.54, 1.807) is 13.8 Å². The summed E-state index contributed by atoms with van der Waals surface area (Å²) in [5.41, 5.74) is 0.590. The van der Waals surface area contributed by atoms with Crippen molar-refractivity contribution in [3.8, 4) is 0 Å². The minimum absolute atomic E-state index is 0.129. The lowest BCUT2D eigenvalue weighted by Crippen LogP contribution is -2.66. The van der Waals surface area contributed by atoms with Crippen LogP contribution in [0.2, 0.25) is 0 Å². The fourth-order valence-corrected chi connectivity index (χ4v) is 12.4. The average Bonchev–Trinajstić information content (AvgIpc) is 3.30. The molecule has 0 aromatic carbocycles. The molecule has 1 unspecified atom stereocenters. The summed E-state index contributed by atoms with van der Waals surface area (Å²) in [7, 11) is 0. The monoisotopic (exact) mass is 598 g/mol. The molecule has 0 radical (unpaired) electrons. The fraction of sp³-hybridized carbons (Fsp3) is 0.865. The van der Waals surface area contributed by atoms with E-state index in [2.05, 4.69) is 48.1 Å². The maximum atomic E-state index is 13.0. The van der Waals surface area contributed by atoms with Crippen LogP contribution < -0.4 is 0 Å². The van der Waals surface area contributed by atoms with Crippen LogP contribution in [0.3, 0.4) is 0 Å². The van der Waals surface area contributed by atoms with E-state index in [1.165, 1.54) is 24.8 Å². The molecule has 242 valence electrons. The molecule has 11 atom stereocenters. The van der Waals surface area contributed by atoms with E-state index in [0.717, 1.165) is 38.5 Å². The van der Waals surface area contributed by atoms with E-state index in [0.29, 0.717) is 29.6 Å². The Hall–Kier alpha value is -1.85. The van der Waals surface area contributed by atoms with Gasteiger partial charge in [-0.3, -0.25) is 14.4 Å². The zero-order valence-electron chi connectivity index (χ0n) is 28.1. The van der Waals surface area contributed by atoms with Crippen molar-refractivity contribution >= 4 is 17.9 Å². The molecule has 0 spiro atoms. The van der Waals surface area contributed by atoms with Gasteiger partial charge in [-0.2, -0.15) is 0 Å². The summed E-state index contributed by atoms with van der Waals surface area (Å²) in [6, 6.07) is 0. The van der Waals surface area contributed by atoms with E-state index in [-0.39, 0.29) is 58.4 Å². The van der Waals surface area contributed by atoms with Crippen molar-refractivity contribution in [2.45, 2.75) is 132 Å². The van der Waals surface area contributed by atoms with Crippen molar-refractivity contribution < 1.29 is 29.3 Å². The number of carboxylic acid groups (broad SMARTS) is 2. The minimum atomic E-state index is -0.945. The van der Waals surface area contributed by atoms with Crippen LogP contribution >= 0.6 is 0 Å². The molecule has 6 heteroatoms. The van der Waals surface area contributed by atoms with Crippen molar-refractivity contribution in [1.29, 1.82) is 0 Å². The summed E-state index contributed by atoms with van der Waals surface area (Å²) in [4.78, 5) is 36.8. The van der Waals surface area contributed by atoms with Gasteiger partial charge in [-0.25, -0.2) is 0 Å². The smallest absolute Gasteiger partial charge is 0.309 e. The lowest BCUT2D eigenvalue weighted by atomic mass is 9.33. The normalized spacial score (nSPS) is 45.1. The Morgan fingerprint density at radius 3 is 2.12 bits per heavy atom. The molecule has 0 aromatic heterocycles. The predicted molar refractivity (Wildman–Crippen MR) is 167 cm³/mol. The fourth-order valence-electron chi connectivity index (χ4n) is 12.4. The number of esters is 1. The number of carbonyl (C=O) groups excluding carboxylic acids is 1. The molecule has 0 bridgehead atoms. The van der Waals surface area contributed by atoms with Crippen molar-refractivity contribution in [2.75, 3.05) is 0 Å². The molecule has 0 saturated heterocycles. The molecule has 0 aromatic rings. The third-order valence-electron chi connectivity index (χ3n) is 15.1. The van der Waals surface area contributed by atoms with Gasteiger partial charge in [0.15, 0.2) is 0 Å². The van der Waals surface area contributed by atoms with Gasteiger partial charge in [-0.1, -0.05) is 46.8 Å². The Morgan fingerprint density at radius 2 is 1.51 bits per heavy atom. The van der Waals surface area contributed by atoms with Gasteiger partial charge >= 0.3 is 17.9 Å². The molecular weight excluding hydrogens is 540 g/mol. The standard InChI is InChI=1S/C37H58O6/c1-21(2)23-20-24(31(39)40)22-12-18-36(8)25(30(22)23)10-11-27-35(7)17-14-28(34(5,6)26(35)13-19-37(27,36)9)43-29(38)15-16-33(3,4)32(41)42/h22-28,30H,1,10-20H2,2-9H3,(H,39,40)(H,41,42)/t22?,23-,24+,25+,26-,27+,28-,30+,35-,36+,37+/m0/s1. The van der Waals surface area contributed by atoms with E-state index in [4.69, 9.17) is 4.74 Å². The summed E-state index contributed by atoms with van der Waals surface area (Å²) in [6.45, 7) is 22.1. The first-order valence-electron chi connectivity index (χ1n) is 17.1. The number of ether oxygens (including phenoxy) is 1. The molecule has 5 aliphatic carbocycles. The molecule has 5 rings (SSSR count). The molecule has 5 saturated carbocycles. The Balaban J connectivity index is 1.37. The van der Waals surface area contributed by atoms with E-state index >= 15 is 0 Å². The van der Waals surface area contributed by atoms with Crippen LogP contribution in [0.25, 0.3) is 0 Å². The first kappa shape index (κ1) is 32.5. The van der Waals surface area contributed by atoms with Gasteiger partial charge in [0.05, 0.1) is 11.3 Å². The number of carboxylic acids is 2.